The van der Waals surface area contributed by atoms with Gasteiger partial charge < -0.3 is 10.0 Å². The van der Waals surface area contributed by atoms with E-state index in [0.29, 0.717) is 13.1 Å². The fourth-order valence-electron chi connectivity index (χ4n) is 1.73. The van der Waals surface area contributed by atoms with Crippen molar-refractivity contribution in [1.29, 1.82) is 0 Å². The first kappa shape index (κ1) is 10.8. The van der Waals surface area contributed by atoms with Crippen LogP contribution in [-0.2, 0) is 9.59 Å². The minimum Gasteiger partial charge on any atom is -0.481 e. The van der Waals surface area contributed by atoms with Crippen LogP contribution in [0, 0.1) is 5.92 Å². The van der Waals surface area contributed by atoms with Crippen molar-refractivity contribution < 1.29 is 14.7 Å². The van der Waals surface area contributed by atoms with Crippen LogP contribution in [0.2, 0.25) is 0 Å². The minimum absolute atomic E-state index is 0.0567. The van der Waals surface area contributed by atoms with E-state index in [1.807, 2.05) is 0 Å². The van der Waals surface area contributed by atoms with Crippen molar-refractivity contribution in [2.24, 2.45) is 5.92 Å². The molecule has 0 aromatic carbocycles. The number of hydrogen-bond donors (Lipinski definition) is 1. The van der Waals surface area contributed by atoms with E-state index in [1.165, 1.54) is 6.08 Å². The SMILES string of the molecule is C=CC(=O)N1CCC(CC(=O)O)CC1. The van der Waals surface area contributed by atoms with Crippen LogP contribution in [0.25, 0.3) is 0 Å². The van der Waals surface area contributed by atoms with E-state index >= 15 is 0 Å². The number of carboxylic acids is 1. The Morgan fingerprint density at radius 2 is 2.00 bits per heavy atom. The molecule has 78 valence electrons. The highest BCUT2D eigenvalue weighted by molar-refractivity contribution is 5.87. The van der Waals surface area contributed by atoms with Crippen molar-refractivity contribution in [3.8, 4) is 0 Å². The van der Waals surface area contributed by atoms with E-state index in [2.05, 4.69) is 6.58 Å². The van der Waals surface area contributed by atoms with Gasteiger partial charge in [0.25, 0.3) is 0 Å². The topological polar surface area (TPSA) is 57.6 Å². The van der Waals surface area contributed by atoms with Crippen LogP contribution >= 0.6 is 0 Å². The van der Waals surface area contributed by atoms with Gasteiger partial charge in [0.05, 0.1) is 0 Å². The summed E-state index contributed by atoms with van der Waals surface area (Å²) in [5, 5.41) is 8.59. The van der Waals surface area contributed by atoms with Crippen molar-refractivity contribution in [1.82, 2.24) is 4.90 Å². The van der Waals surface area contributed by atoms with Crippen LogP contribution in [0.5, 0.6) is 0 Å². The summed E-state index contributed by atoms with van der Waals surface area (Å²) in [5.41, 5.74) is 0. The number of nitrogens with zero attached hydrogens (tertiary/aromatic N) is 1. The molecule has 0 spiro atoms. The highest BCUT2D eigenvalue weighted by Gasteiger charge is 2.22. The van der Waals surface area contributed by atoms with E-state index in [9.17, 15) is 9.59 Å². The molecule has 14 heavy (non-hydrogen) atoms. The zero-order chi connectivity index (χ0) is 10.6. The number of likely N-dealkylation sites (tertiary alicyclic amines) is 1. The Labute approximate surface area is 83.2 Å². The zero-order valence-corrected chi connectivity index (χ0v) is 8.11. The van der Waals surface area contributed by atoms with Crippen LogP contribution in [0.1, 0.15) is 19.3 Å². The standard InChI is InChI=1S/C10H15NO3/c1-2-9(12)11-5-3-8(4-6-11)7-10(13)14/h2,8H,1,3-7H2,(H,13,14). The quantitative estimate of drug-likeness (QED) is 0.683. The van der Waals surface area contributed by atoms with E-state index in [-0.39, 0.29) is 18.2 Å². The monoisotopic (exact) mass is 197 g/mol. The Bertz CT molecular complexity index is 242. The second-order valence-electron chi connectivity index (χ2n) is 3.57. The molecule has 4 nitrogen and oxygen atoms in total. The normalized spacial score (nSPS) is 17.9. The van der Waals surface area contributed by atoms with Gasteiger partial charge in [0.1, 0.15) is 0 Å². The molecule has 1 N–H and O–H groups in total. The largest absolute Gasteiger partial charge is 0.481 e. The highest BCUT2D eigenvalue weighted by atomic mass is 16.4. The van der Waals surface area contributed by atoms with Crippen molar-refractivity contribution >= 4 is 11.9 Å². The third kappa shape index (κ3) is 2.87. The van der Waals surface area contributed by atoms with Gasteiger partial charge in [0, 0.05) is 19.5 Å². The predicted molar refractivity (Wildman–Crippen MR) is 51.8 cm³/mol. The molecule has 0 unspecified atom stereocenters. The summed E-state index contributed by atoms with van der Waals surface area (Å²) in [6, 6.07) is 0. The predicted octanol–water partition coefficient (Wildman–Crippen LogP) is 0.886. The number of carbonyl (C=O) groups excluding carboxylic acids is 1. The Balaban J connectivity index is 2.34. The second kappa shape index (κ2) is 4.79. The Kier molecular flexibility index (Phi) is 3.68. The lowest BCUT2D eigenvalue weighted by molar-refractivity contribution is -0.138. The van der Waals surface area contributed by atoms with Gasteiger partial charge in [-0.15, -0.1) is 0 Å². The number of aliphatic carboxylic acids is 1. The molecular formula is C10H15NO3. The maximum atomic E-state index is 11.2. The number of rotatable bonds is 3. The van der Waals surface area contributed by atoms with Gasteiger partial charge in [-0.05, 0) is 24.8 Å². The third-order valence-corrected chi connectivity index (χ3v) is 2.56. The van der Waals surface area contributed by atoms with Crippen LogP contribution in [0.4, 0.5) is 0 Å². The van der Waals surface area contributed by atoms with Crippen molar-refractivity contribution in [2.75, 3.05) is 13.1 Å². The molecule has 1 aliphatic rings. The number of carboxylic acid groups (broad SMARTS) is 1. The molecule has 0 bridgehead atoms. The fourth-order valence-corrected chi connectivity index (χ4v) is 1.73. The molecule has 1 fully saturated rings. The molecule has 1 aliphatic heterocycles. The Morgan fingerprint density at radius 1 is 1.43 bits per heavy atom. The molecular weight excluding hydrogens is 182 g/mol. The molecule has 0 radical (unpaired) electrons. The highest BCUT2D eigenvalue weighted by Crippen LogP contribution is 2.20. The molecule has 1 rings (SSSR count). The van der Waals surface area contributed by atoms with Gasteiger partial charge in [0.2, 0.25) is 5.91 Å². The summed E-state index contributed by atoms with van der Waals surface area (Å²) in [7, 11) is 0. The molecule has 0 aromatic heterocycles. The zero-order valence-electron chi connectivity index (χ0n) is 8.11. The van der Waals surface area contributed by atoms with Crippen LogP contribution in [-0.4, -0.2) is 35.0 Å². The maximum Gasteiger partial charge on any atom is 0.303 e. The molecule has 1 amide bonds. The Morgan fingerprint density at radius 3 is 2.43 bits per heavy atom. The molecule has 0 atom stereocenters. The van der Waals surface area contributed by atoms with Crippen molar-refractivity contribution in [3.63, 3.8) is 0 Å². The lowest BCUT2D eigenvalue weighted by atomic mass is 9.93. The first-order valence-corrected chi connectivity index (χ1v) is 4.76. The van der Waals surface area contributed by atoms with E-state index < -0.39 is 5.97 Å². The summed E-state index contributed by atoms with van der Waals surface area (Å²) in [4.78, 5) is 23.3. The van der Waals surface area contributed by atoms with Crippen LogP contribution in [0.3, 0.4) is 0 Å². The molecule has 1 saturated heterocycles. The molecule has 0 aliphatic carbocycles. The Hall–Kier alpha value is -1.32. The van der Waals surface area contributed by atoms with Crippen molar-refractivity contribution in [3.05, 3.63) is 12.7 Å². The summed E-state index contributed by atoms with van der Waals surface area (Å²) in [5.74, 6) is -0.585. The molecule has 0 saturated carbocycles. The van der Waals surface area contributed by atoms with Gasteiger partial charge in [0.15, 0.2) is 0 Å². The lowest BCUT2D eigenvalue weighted by Gasteiger charge is -2.30. The fraction of sp³-hybridized carbons (Fsp3) is 0.600. The summed E-state index contributed by atoms with van der Waals surface area (Å²) < 4.78 is 0. The first-order chi connectivity index (χ1) is 6.63. The maximum absolute atomic E-state index is 11.2. The van der Waals surface area contributed by atoms with E-state index in [4.69, 9.17) is 5.11 Å². The van der Waals surface area contributed by atoms with Gasteiger partial charge in [-0.3, -0.25) is 9.59 Å². The third-order valence-electron chi connectivity index (χ3n) is 2.56. The average molecular weight is 197 g/mol. The number of hydrogen-bond acceptors (Lipinski definition) is 2. The number of carbonyl (C=O) groups is 2. The average Bonchev–Trinajstić information content (AvgIpc) is 2.17. The molecule has 1 heterocycles. The second-order valence-corrected chi connectivity index (χ2v) is 3.57. The van der Waals surface area contributed by atoms with Crippen LogP contribution < -0.4 is 0 Å². The molecule has 4 heteroatoms. The first-order valence-electron chi connectivity index (χ1n) is 4.76. The van der Waals surface area contributed by atoms with Gasteiger partial charge >= 0.3 is 5.97 Å². The summed E-state index contributed by atoms with van der Waals surface area (Å²) in [6.07, 6.45) is 3.09. The lowest BCUT2D eigenvalue weighted by Crippen LogP contribution is -2.37. The van der Waals surface area contributed by atoms with Crippen LogP contribution in [0.15, 0.2) is 12.7 Å². The van der Waals surface area contributed by atoms with E-state index in [0.717, 1.165) is 12.8 Å². The minimum atomic E-state index is -0.751. The van der Waals surface area contributed by atoms with Gasteiger partial charge in [-0.25, -0.2) is 0 Å². The van der Waals surface area contributed by atoms with Crippen molar-refractivity contribution in [2.45, 2.75) is 19.3 Å². The van der Waals surface area contributed by atoms with E-state index in [1.54, 1.807) is 4.90 Å². The summed E-state index contributed by atoms with van der Waals surface area (Å²) >= 11 is 0. The van der Waals surface area contributed by atoms with Gasteiger partial charge in [-0.1, -0.05) is 6.58 Å². The number of amides is 1. The number of piperidine rings is 1. The molecule has 0 aromatic rings. The van der Waals surface area contributed by atoms with Gasteiger partial charge in [-0.2, -0.15) is 0 Å². The smallest absolute Gasteiger partial charge is 0.303 e. The summed E-state index contributed by atoms with van der Waals surface area (Å²) in [6.45, 7) is 4.73.